The first-order valence-corrected chi connectivity index (χ1v) is 8.65. The molecule has 0 spiro atoms. The zero-order valence-corrected chi connectivity index (χ0v) is 14.9. The average Bonchev–Trinajstić information content (AvgIpc) is 2.55. The highest BCUT2D eigenvalue weighted by Gasteiger charge is 2.14. The minimum absolute atomic E-state index is 0.195. The maximum Gasteiger partial charge on any atom is 0.276 e. The maximum absolute atomic E-state index is 11.7. The normalized spacial score (nSPS) is 14.9. The molecule has 1 aliphatic rings. The van der Waals surface area contributed by atoms with Crippen molar-refractivity contribution in [2.45, 2.75) is 38.1 Å². The molecule has 23 heavy (non-hydrogen) atoms. The molecule has 1 aliphatic carbocycles. The van der Waals surface area contributed by atoms with Crippen LogP contribution in [0.5, 0.6) is 5.75 Å². The van der Waals surface area contributed by atoms with Crippen LogP contribution < -0.4 is 20.9 Å². The molecule has 126 valence electrons. The topological polar surface area (TPSA) is 62.4 Å². The monoisotopic (exact) mass is 375 g/mol. The molecule has 0 bridgehead atoms. The van der Waals surface area contributed by atoms with Gasteiger partial charge in [-0.15, -0.1) is 0 Å². The lowest BCUT2D eigenvalue weighted by Gasteiger charge is -2.24. The van der Waals surface area contributed by atoms with Gasteiger partial charge in [-0.1, -0.05) is 48.5 Å². The van der Waals surface area contributed by atoms with E-state index < -0.39 is 0 Å². The third-order valence-corrected chi connectivity index (χ3v) is 4.55. The van der Waals surface area contributed by atoms with Crippen molar-refractivity contribution in [3.8, 4) is 5.75 Å². The molecule has 5 nitrogen and oxygen atoms in total. The van der Waals surface area contributed by atoms with Gasteiger partial charge in [-0.25, -0.2) is 0 Å². The molecule has 1 saturated carbocycles. The van der Waals surface area contributed by atoms with Crippen molar-refractivity contribution in [3.63, 3.8) is 0 Å². The number of hydrazine groups is 1. The van der Waals surface area contributed by atoms with Gasteiger partial charge in [0.1, 0.15) is 10.8 Å². The summed E-state index contributed by atoms with van der Waals surface area (Å²) in [6.07, 6.45) is 5.90. The second-order valence-corrected chi connectivity index (χ2v) is 6.52. The number of hydrogen-bond donors (Lipinski definition) is 3. The van der Waals surface area contributed by atoms with Crippen molar-refractivity contribution in [1.82, 2.24) is 16.2 Å². The quantitative estimate of drug-likeness (QED) is 0.557. The molecule has 0 aliphatic heterocycles. The number of benzene rings is 1. The number of hydrogen-bond acceptors (Lipinski definition) is 3. The Morgan fingerprint density at radius 1 is 1.22 bits per heavy atom. The summed E-state index contributed by atoms with van der Waals surface area (Å²) >= 11 is 17.0. The molecule has 0 heterocycles. The van der Waals surface area contributed by atoms with Crippen molar-refractivity contribution in [2.75, 3.05) is 6.61 Å². The van der Waals surface area contributed by atoms with E-state index in [1.807, 2.05) is 0 Å². The van der Waals surface area contributed by atoms with E-state index >= 15 is 0 Å². The third-order valence-electron chi connectivity index (χ3n) is 3.53. The zero-order valence-electron chi connectivity index (χ0n) is 12.5. The predicted molar refractivity (Wildman–Crippen MR) is 95.8 cm³/mol. The largest absolute Gasteiger partial charge is 0.482 e. The molecule has 0 unspecified atom stereocenters. The van der Waals surface area contributed by atoms with E-state index in [1.165, 1.54) is 19.3 Å². The van der Waals surface area contributed by atoms with Crippen molar-refractivity contribution in [1.29, 1.82) is 0 Å². The highest BCUT2D eigenvalue weighted by molar-refractivity contribution is 7.80. The second kappa shape index (κ2) is 9.15. The molecule has 0 atom stereocenters. The summed E-state index contributed by atoms with van der Waals surface area (Å²) in [5.74, 6) is -0.00828. The highest BCUT2D eigenvalue weighted by Crippen LogP contribution is 2.31. The Morgan fingerprint density at radius 2 is 1.96 bits per heavy atom. The number of amides is 1. The summed E-state index contributed by atoms with van der Waals surface area (Å²) in [7, 11) is 0. The van der Waals surface area contributed by atoms with E-state index in [0.29, 0.717) is 21.9 Å². The molecule has 0 saturated heterocycles. The summed E-state index contributed by atoms with van der Waals surface area (Å²) in [5.41, 5.74) is 5.16. The summed E-state index contributed by atoms with van der Waals surface area (Å²) < 4.78 is 5.33. The van der Waals surface area contributed by atoms with Crippen LogP contribution in [0.25, 0.3) is 0 Å². The summed E-state index contributed by atoms with van der Waals surface area (Å²) in [5, 5.41) is 4.26. The number of thiocarbonyl (C=S) groups is 1. The van der Waals surface area contributed by atoms with Gasteiger partial charge < -0.3 is 10.1 Å². The molecule has 1 fully saturated rings. The molecule has 8 heteroatoms. The van der Waals surface area contributed by atoms with Crippen LogP contribution in [0.1, 0.15) is 32.1 Å². The number of ether oxygens (including phenoxy) is 1. The van der Waals surface area contributed by atoms with E-state index in [2.05, 4.69) is 16.2 Å². The lowest BCUT2D eigenvalue weighted by molar-refractivity contribution is -0.123. The van der Waals surface area contributed by atoms with Crippen molar-refractivity contribution >= 4 is 46.4 Å². The van der Waals surface area contributed by atoms with Gasteiger partial charge in [0.05, 0.1) is 5.02 Å². The van der Waals surface area contributed by atoms with Gasteiger partial charge in [0, 0.05) is 6.04 Å². The van der Waals surface area contributed by atoms with Gasteiger partial charge in [0.25, 0.3) is 5.91 Å². The van der Waals surface area contributed by atoms with E-state index in [9.17, 15) is 4.79 Å². The smallest absolute Gasteiger partial charge is 0.276 e. The Morgan fingerprint density at radius 3 is 2.70 bits per heavy atom. The van der Waals surface area contributed by atoms with Crippen LogP contribution in [-0.2, 0) is 4.79 Å². The Labute approximate surface area is 151 Å². The minimum atomic E-state index is -0.367. The molecule has 1 aromatic carbocycles. The standard InChI is InChI=1S/C15H19Cl2N3O2S/c16-11-7-4-8-12(14(11)17)22-9-13(21)19-20-15(23)18-10-5-2-1-3-6-10/h4,7-8,10H,1-3,5-6,9H2,(H,19,21)(H2,18,20,23). The molecule has 1 amide bonds. The Hall–Kier alpha value is -1.24. The number of carbonyl (C=O) groups is 1. The summed E-state index contributed by atoms with van der Waals surface area (Å²) in [4.78, 5) is 11.7. The van der Waals surface area contributed by atoms with Crippen molar-refractivity contribution in [2.24, 2.45) is 0 Å². The number of rotatable bonds is 4. The molecule has 1 aromatic rings. The Balaban J connectivity index is 1.68. The lowest BCUT2D eigenvalue weighted by Crippen LogP contribution is -2.51. The fourth-order valence-electron chi connectivity index (χ4n) is 2.37. The fourth-order valence-corrected chi connectivity index (χ4v) is 2.93. The highest BCUT2D eigenvalue weighted by atomic mass is 35.5. The average molecular weight is 376 g/mol. The third kappa shape index (κ3) is 6.05. The Bertz CT molecular complexity index is 566. The first-order valence-electron chi connectivity index (χ1n) is 7.48. The number of halogens is 2. The van der Waals surface area contributed by atoms with Crippen molar-refractivity contribution in [3.05, 3.63) is 28.2 Å². The molecule has 3 N–H and O–H groups in total. The van der Waals surface area contributed by atoms with Crippen LogP contribution >= 0.6 is 35.4 Å². The predicted octanol–water partition coefficient (Wildman–Crippen LogP) is 3.20. The van der Waals surface area contributed by atoms with Gasteiger partial charge in [-0.2, -0.15) is 0 Å². The SMILES string of the molecule is O=C(COc1cccc(Cl)c1Cl)NNC(=S)NC1CCCCC1. The van der Waals surface area contributed by atoms with E-state index in [1.54, 1.807) is 18.2 Å². The maximum atomic E-state index is 11.7. The second-order valence-electron chi connectivity index (χ2n) is 5.32. The van der Waals surface area contributed by atoms with Crippen LogP contribution in [0.4, 0.5) is 0 Å². The van der Waals surface area contributed by atoms with Crippen LogP contribution in [0.2, 0.25) is 10.0 Å². The van der Waals surface area contributed by atoms with Crippen LogP contribution in [0.3, 0.4) is 0 Å². The molecule has 0 radical (unpaired) electrons. The Kier molecular flexibility index (Phi) is 7.20. The minimum Gasteiger partial charge on any atom is -0.482 e. The van der Waals surface area contributed by atoms with E-state index in [0.717, 1.165) is 12.8 Å². The first-order chi connectivity index (χ1) is 11.1. The lowest BCUT2D eigenvalue weighted by atomic mass is 9.96. The molecule has 2 rings (SSSR count). The van der Waals surface area contributed by atoms with Gasteiger partial charge in [0.2, 0.25) is 0 Å². The summed E-state index contributed by atoms with van der Waals surface area (Å²) in [6.45, 7) is -0.195. The van der Waals surface area contributed by atoms with Gasteiger partial charge in [-0.3, -0.25) is 15.6 Å². The van der Waals surface area contributed by atoms with Gasteiger partial charge in [-0.05, 0) is 37.2 Å². The molecular weight excluding hydrogens is 357 g/mol. The first kappa shape index (κ1) is 18.1. The summed E-state index contributed by atoms with van der Waals surface area (Å²) in [6, 6.07) is 5.36. The number of nitrogens with one attached hydrogen (secondary N) is 3. The van der Waals surface area contributed by atoms with Crippen LogP contribution in [-0.4, -0.2) is 23.7 Å². The van der Waals surface area contributed by atoms with E-state index in [4.69, 9.17) is 40.2 Å². The number of carbonyl (C=O) groups excluding carboxylic acids is 1. The van der Waals surface area contributed by atoms with Crippen LogP contribution in [0, 0.1) is 0 Å². The molecular formula is C15H19Cl2N3O2S. The van der Waals surface area contributed by atoms with Crippen molar-refractivity contribution < 1.29 is 9.53 Å². The van der Waals surface area contributed by atoms with Gasteiger partial charge in [0.15, 0.2) is 11.7 Å². The van der Waals surface area contributed by atoms with Crippen LogP contribution in [0.15, 0.2) is 18.2 Å². The van der Waals surface area contributed by atoms with E-state index in [-0.39, 0.29) is 17.5 Å². The molecule has 0 aromatic heterocycles. The van der Waals surface area contributed by atoms with Gasteiger partial charge >= 0.3 is 0 Å². The fraction of sp³-hybridized carbons (Fsp3) is 0.467. The zero-order chi connectivity index (χ0) is 16.7.